The minimum Gasteiger partial charge on any atom is -0.465 e. The number of carbonyl (C=O) groups is 1. The van der Waals surface area contributed by atoms with E-state index in [0.29, 0.717) is 17.5 Å². The Morgan fingerprint density at radius 3 is 2.63 bits per heavy atom. The Morgan fingerprint density at radius 1 is 1.42 bits per heavy atom. The van der Waals surface area contributed by atoms with Gasteiger partial charge >= 0.3 is 5.97 Å². The summed E-state index contributed by atoms with van der Waals surface area (Å²) in [7, 11) is 1.33. The van der Waals surface area contributed by atoms with Crippen LogP contribution in [0.1, 0.15) is 48.1 Å². The molecular weight excluding hydrogens is 266 g/mol. The van der Waals surface area contributed by atoms with E-state index in [-0.39, 0.29) is 12.4 Å². The molecule has 0 aliphatic rings. The van der Waals surface area contributed by atoms with Crippen LogP contribution in [-0.2, 0) is 4.74 Å². The SMILES string of the molecule is CCCC[C@@H](O)[C@@H](N)c1ccccc1C(=O)OC.Cl. The van der Waals surface area contributed by atoms with Crippen molar-refractivity contribution in [3.8, 4) is 0 Å². The smallest absolute Gasteiger partial charge is 0.338 e. The van der Waals surface area contributed by atoms with Crippen LogP contribution in [0.3, 0.4) is 0 Å². The summed E-state index contributed by atoms with van der Waals surface area (Å²) < 4.78 is 4.71. The molecule has 4 nitrogen and oxygen atoms in total. The maximum atomic E-state index is 11.6. The lowest BCUT2D eigenvalue weighted by Gasteiger charge is -2.21. The molecule has 0 fully saturated rings. The highest BCUT2D eigenvalue weighted by Crippen LogP contribution is 2.22. The summed E-state index contributed by atoms with van der Waals surface area (Å²) in [6, 6.07) is 6.40. The molecule has 0 saturated carbocycles. The predicted molar refractivity (Wildman–Crippen MR) is 77.5 cm³/mol. The average molecular weight is 288 g/mol. The largest absolute Gasteiger partial charge is 0.465 e. The number of aliphatic hydroxyl groups is 1. The van der Waals surface area contributed by atoms with Gasteiger partial charge in [-0.2, -0.15) is 0 Å². The molecule has 3 N–H and O–H groups in total. The normalized spacial score (nSPS) is 13.3. The predicted octanol–water partition coefficient (Wildman–Crippen LogP) is 2.45. The first-order chi connectivity index (χ1) is 8.61. The van der Waals surface area contributed by atoms with E-state index in [1.807, 2.05) is 0 Å². The van der Waals surface area contributed by atoms with Crippen LogP contribution < -0.4 is 5.73 Å². The molecule has 0 unspecified atom stereocenters. The number of hydrogen-bond acceptors (Lipinski definition) is 4. The van der Waals surface area contributed by atoms with Crippen molar-refractivity contribution < 1.29 is 14.6 Å². The van der Waals surface area contributed by atoms with Crippen molar-refractivity contribution in [2.24, 2.45) is 5.73 Å². The molecule has 0 aliphatic heterocycles. The van der Waals surface area contributed by atoms with Crippen LogP contribution in [0.15, 0.2) is 24.3 Å². The zero-order chi connectivity index (χ0) is 13.5. The number of ether oxygens (including phenoxy) is 1. The molecule has 0 bridgehead atoms. The molecule has 108 valence electrons. The molecule has 5 heteroatoms. The number of rotatable bonds is 6. The minimum absolute atomic E-state index is 0. The zero-order valence-electron chi connectivity index (χ0n) is 11.3. The Balaban J connectivity index is 0.00000324. The molecule has 1 rings (SSSR count). The molecule has 1 aromatic rings. The van der Waals surface area contributed by atoms with Gasteiger partial charge in [0, 0.05) is 0 Å². The van der Waals surface area contributed by atoms with E-state index in [0.717, 1.165) is 12.8 Å². The number of esters is 1. The third kappa shape index (κ3) is 4.82. The second-order valence-corrected chi connectivity index (χ2v) is 4.31. The molecule has 0 aromatic heterocycles. The van der Waals surface area contributed by atoms with Gasteiger partial charge in [-0.25, -0.2) is 4.79 Å². The number of unbranched alkanes of at least 4 members (excludes halogenated alkanes) is 1. The van der Waals surface area contributed by atoms with Gasteiger partial charge in [-0.1, -0.05) is 38.0 Å². The lowest BCUT2D eigenvalue weighted by molar-refractivity contribution is 0.0596. The second kappa shape index (κ2) is 8.91. The Hall–Kier alpha value is -1.10. The van der Waals surface area contributed by atoms with Gasteiger partial charge in [0.05, 0.1) is 24.8 Å². The van der Waals surface area contributed by atoms with Crippen LogP contribution in [0.4, 0.5) is 0 Å². The van der Waals surface area contributed by atoms with E-state index in [2.05, 4.69) is 6.92 Å². The quantitative estimate of drug-likeness (QED) is 0.788. The van der Waals surface area contributed by atoms with Crippen molar-refractivity contribution in [3.05, 3.63) is 35.4 Å². The third-order valence-electron chi connectivity index (χ3n) is 2.99. The van der Waals surface area contributed by atoms with Gasteiger partial charge in [-0.05, 0) is 18.1 Å². The number of methoxy groups -OCH3 is 1. The number of carbonyl (C=O) groups excluding carboxylic acids is 1. The summed E-state index contributed by atoms with van der Waals surface area (Å²) in [4.78, 5) is 11.6. The summed E-state index contributed by atoms with van der Waals surface area (Å²) in [5.74, 6) is -0.427. The van der Waals surface area contributed by atoms with Crippen LogP contribution >= 0.6 is 12.4 Å². The molecule has 0 spiro atoms. The second-order valence-electron chi connectivity index (χ2n) is 4.31. The van der Waals surface area contributed by atoms with Crippen LogP contribution in [0.5, 0.6) is 0 Å². The van der Waals surface area contributed by atoms with Crippen molar-refractivity contribution in [2.75, 3.05) is 7.11 Å². The Labute approximate surface area is 120 Å². The van der Waals surface area contributed by atoms with E-state index in [9.17, 15) is 9.90 Å². The highest BCUT2D eigenvalue weighted by molar-refractivity contribution is 5.91. The molecule has 2 atom stereocenters. The maximum Gasteiger partial charge on any atom is 0.338 e. The van der Waals surface area contributed by atoms with Crippen molar-refractivity contribution in [1.82, 2.24) is 0 Å². The third-order valence-corrected chi connectivity index (χ3v) is 2.99. The van der Waals surface area contributed by atoms with E-state index < -0.39 is 18.1 Å². The van der Waals surface area contributed by atoms with E-state index in [1.165, 1.54) is 7.11 Å². The maximum absolute atomic E-state index is 11.6. The van der Waals surface area contributed by atoms with Crippen molar-refractivity contribution >= 4 is 18.4 Å². The van der Waals surface area contributed by atoms with Gasteiger partial charge in [0.2, 0.25) is 0 Å². The van der Waals surface area contributed by atoms with E-state index in [4.69, 9.17) is 10.5 Å². The molecule has 0 aliphatic carbocycles. The topological polar surface area (TPSA) is 72.5 Å². The van der Waals surface area contributed by atoms with Crippen molar-refractivity contribution in [1.29, 1.82) is 0 Å². The van der Waals surface area contributed by atoms with Crippen LogP contribution in [0.2, 0.25) is 0 Å². The lowest BCUT2D eigenvalue weighted by Crippen LogP contribution is -2.28. The van der Waals surface area contributed by atoms with Crippen molar-refractivity contribution in [3.63, 3.8) is 0 Å². The number of hydrogen-bond donors (Lipinski definition) is 2. The fourth-order valence-electron chi connectivity index (χ4n) is 1.88. The van der Waals surface area contributed by atoms with Gasteiger partial charge in [0.25, 0.3) is 0 Å². The lowest BCUT2D eigenvalue weighted by atomic mass is 9.94. The number of aliphatic hydroxyl groups excluding tert-OH is 1. The van der Waals surface area contributed by atoms with Gasteiger partial charge in [-0.3, -0.25) is 0 Å². The number of halogens is 1. The van der Waals surface area contributed by atoms with E-state index in [1.54, 1.807) is 24.3 Å². The summed E-state index contributed by atoms with van der Waals surface area (Å²) in [6.07, 6.45) is 1.90. The fraction of sp³-hybridized carbons (Fsp3) is 0.500. The van der Waals surface area contributed by atoms with Gasteiger partial charge in [0.15, 0.2) is 0 Å². The molecule has 0 radical (unpaired) electrons. The fourth-order valence-corrected chi connectivity index (χ4v) is 1.88. The highest BCUT2D eigenvalue weighted by atomic mass is 35.5. The molecule has 0 heterocycles. The summed E-state index contributed by atoms with van der Waals surface area (Å²) >= 11 is 0. The van der Waals surface area contributed by atoms with E-state index >= 15 is 0 Å². The average Bonchev–Trinajstić information content (AvgIpc) is 2.43. The molecule has 1 aromatic carbocycles. The first-order valence-electron chi connectivity index (χ1n) is 6.22. The molecule has 0 saturated heterocycles. The Morgan fingerprint density at radius 2 is 2.05 bits per heavy atom. The van der Waals surface area contributed by atoms with Crippen LogP contribution in [0.25, 0.3) is 0 Å². The Kier molecular flexibility index (Phi) is 8.39. The molecular formula is C14H22ClNO3. The molecule has 19 heavy (non-hydrogen) atoms. The summed E-state index contributed by atoms with van der Waals surface area (Å²) in [5, 5.41) is 10.0. The summed E-state index contributed by atoms with van der Waals surface area (Å²) in [6.45, 7) is 2.06. The molecule has 0 amide bonds. The van der Waals surface area contributed by atoms with Crippen molar-refractivity contribution in [2.45, 2.75) is 38.3 Å². The van der Waals surface area contributed by atoms with Gasteiger partial charge in [0.1, 0.15) is 0 Å². The number of benzene rings is 1. The summed E-state index contributed by atoms with van der Waals surface area (Å²) in [5.41, 5.74) is 7.07. The monoisotopic (exact) mass is 287 g/mol. The van der Waals surface area contributed by atoms with Gasteiger partial charge in [-0.15, -0.1) is 12.4 Å². The standard InChI is InChI=1S/C14H21NO3.ClH/c1-3-4-9-12(16)13(15)10-7-5-6-8-11(10)14(17)18-2;/h5-8,12-13,16H,3-4,9,15H2,1-2H3;1H/t12-,13+;/m1./s1. The Bertz CT molecular complexity index is 398. The van der Waals surface area contributed by atoms with Gasteiger partial charge < -0.3 is 15.6 Å². The minimum atomic E-state index is -0.643. The van der Waals surface area contributed by atoms with Crippen LogP contribution in [-0.4, -0.2) is 24.3 Å². The first-order valence-corrected chi connectivity index (χ1v) is 6.22. The highest BCUT2D eigenvalue weighted by Gasteiger charge is 2.21. The zero-order valence-corrected chi connectivity index (χ0v) is 12.2. The number of nitrogens with two attached hydrogens (primary N) is 1. The first kappa shape index (κ1) is 17.9. The van der Waals surface area contributed by atoms with Crippen LogP contribution in [0, 0.1) is 0 Å².